The molecule has 0 heterocycles. The van der Waals surface area contributed by atoms with E-state index in [1.807, 2.05) is 13.8 Å². The van der Waals surface area contributed by atoms with Gasteiger partial charge in [0.15, 0.2) is 0 Å². The van der Waals surface area contributed by atoms with Crippen molar-refractivity contribution in [3.8, 4) is 0 Å². The highest BCUT2D eigenvalue weighted by Crippen LogP contribution is 2.19. The Morgan fingerprint density at radius 1 is 0.714 bits per heavy atom. The summed E-state index contributed by atoms with van der Waals surface area (Å²) in [4.78, 5) is 0. The Balaban J connectivity index is 3.16. The number of rotatable bonds is 15. The molecule has 21 heavy (non-hydrogen) atoms. The molecule has 128 valence electrons. The first-order valence-electron chi connectivity index (χ1n) is 6.92. The summed E-state index contributed by atoms with van der Waals surface area (Å²) in [6.45, 7) is 8.58. The number of nitrogens with zero attached hydrogens (tertiary/aromatic N) is 1. The summed E-state index contributed by atoms with van der Waals surface area (Å²) in [7, 11) is 1.64. The first kappa shape index (κ1) is 21.3. The molecule has 0 atom stereocenters. The van der Waals surface area contributed by atoms with Crippen LogP contribution in [0.5, 0.6) is 0 Å². The van der Waals surface area contributed by atoms with Crippen molar-refractivity contribution in [3.63, 3.8) is 0 Å². The van der Waals surface area contributed by atoms with Crippen molar-refractivity contribution >= 4 is 23.6 Å². The number of methoxy groups -OCH3 is 1. The van der Waals surface area contributed by atoms with E-state index < -0.39 is 5.54 Å². The van der Waals surface area contributed by atoms with Crippen LogP contribution in [0.3, 0.4) is 0 Å². The third kappa shape index (κ3) is 13.7. The summed E-state index contributed by atoms with van der Waals surface area (Å²) in [6.07, 6.45) is 0. The van der Waals surface area contributed by atoms with Crippen LogP contribution < -0.4 is 0 Å². The van der Waals surface area contributed by atoms with E-state index in [9.17, 15) is 0 Å². The van der Waals surface area contributed by atoms with E-state index >= 15 is 0 Å². The fourth-order valence-corrected chi connectivity index (χ4v) is 1.27. The van der Waals surface area contributed by atoms with Crippen LogP contribution in [0.1, 0.15) is 13.8 Å². The fourth-order valence-electron chi connectivity index (χ4n) is 1.17. The normalized spacial score (nSPS) is 12.3. The molecule has 0 N–H and O–H groups in total. The van der Waals surface area contributed by atoms with E-state index in [0.29, 0.717) is 59.5 Å². The SMILES string of the molecule is COCCOCCOCCOCCOCC(C)(C)N(Cl)Cl. The quantitative estimate of drug-likeness (QED) is 0.334. The summed E-state index contributed by atoms with van der Waals surface area (Å²) in [6, 6.07) is 0. The molecule has 0 aromatic carbocycles. The summed E-state index contributed by atoms with van der Waals surface area (Å²) in [5, 5.41) is 0. The molecule has 0 aliphatic rings. The van der Waals surface area contributed by atoms with Gasteiger partial charge in [0.25, 0.3) is 0 Å². The molecule has 6 nitrogen and oxygen atoms in total. The second-order valence-corrected chi connectivity index (χ2v) is 5.78. The van der Waals surface area contributed by atoms with Crippen molar-refractivity contribution in [1.29, 1.82) is 0 Å². The van der Waals surface area contributed by atoms with Gasteiger partial charge in [-0.1, -0.05) is 0 Å². The number of hydrogen-bond donors (Lipinski definition) is 0. The standard InChI is InChI=1S/C13H27Cl2NO5/c1-13(2,16(14)15)12-21-11-10-20-9-8-19-7-6-18-5-4-17-3/h4-12H2,1-3H3. The van der Waals surface area contributed by atoms with Crippen molar-refractivity contribution in [3.05, 3.63) is 0 Å². The second kappa shape index (κ2) is 14.0. The van der Waals surface area contributed by atoms with Gasteiger partial charge in [-0.05, 0) is 37.4 Å². The van der Waals surface area contributed by atoms with Crippen molar-refractivity contribution < 1.29 is 23.7 Å². The van der Waals surface area contributed by atoms with Crippen LogP contribution in [0, 0.1) is 0 Å². The number of ether oxygens (including phenoxy) is 5. The molecule has 0 radical (unpaired) electrons. The van der Waals surface area contributed by atoms with Gasteiger partial charge in [-0.2, -0.15) is 0 Å². The lowest BCUT2D eigenvalue weighted by Crippen LogP contribution is -2.36. The Morgan fingerprint density at radius 3 is 1.48 bits per heavy atom. The first-order valence-corrected chi connectivity index (χ1v) is 7.60. The lowest BCUT2D eigenvalue weighted by molar-refractivity contribution is -0.0140. The van der Waals surface area contributed by atoms with Crippen LogP contribution in [-0.2, 0) is 23.7 Å². The Hall–Kier alpha value is 0.340. The van der Waals surface area contributed by atoms with Crippen molar-refractivity contribution in [1.82, 2.24) is 3.94 Å². The Labute approximate surface area is 137 Å². The average Bonchev–Trinajstić information content (AvgIpc) is 2.43. The van der Waals surface area contributed by atoms with Crippen LogP contribution in [0.2, 0.25) is 0 Å². The zero-order valence-corrected chi connectivity index (χ0v) is 14.6. The molecule has 0 aromatic heterocycles. The largest absolute Gasteiger partial charge is 0.382 e. The topological polar surface area (TPSA) is 49.4 Å². The van der Waals surface area contributed by atoms with Crippen molar-refractivity contribution in [2.45, 2.75) is 19.4 Å². The molecule has 0 saturated heterocycles. The average molecular weight is 348 g/mol. The molecule has 0 fully saturated rings. The van der Waals surface area contributed by atoms with Crippen molar-refractivity contribution in [2.24, 2.45) is 0 Å². The van der Waals surface area contributed by atoms with Crippen LogP contribution in [0.25, 0.3) is 0 Å². The Morgan fingerprint density at radius 2 is 1.10 bits per heavy atom. The maximum atomic E-state index is 5.67. The van der Waals surface area contributed by atoms with E-state index in [1.165, 1.54) is 0 Å². The molecule has 0 amide bonds. The van der Waals surface area contributed by atoms with E-state index in [0.717, 1.165) is 3.94 Å². The zero-order chi connectivity index (χ0) is 16.0. The molecule has 0 bridgehead atoms. The molecule has 0 saturated carbocycles. The molecule has 0 aromatic rings. The van der Waals surface area contributed by atoms with Gasteiger partial charge >= 0.3 is 0 Å². The maximum Gasteiger partial charge on any atom is 0.0703 e. The Bertz CT molecular complexity index is 233. The molecule has 0 unspecified atom stereocenters. The fraction of sp³-hybridized carbons (Fsp3) is 1.00. The summed E-state index contributed by atoms with van der Waals surface area (Å²) >= 11 is 11.3. The van der Waals surface area contributed by atoms with Gasteiger partial charge in [-0.25, -0.2) is 0 Å². The third-order valence-electron chi connectivity index (χ3n) is 2.46. The van der Waals surface area contributed by atoms with E-state index in [2.05, 4.69) is 0 Å². The molecule has 0 aliphatic heterocycles. The molecule has 0 rings (SSSR count). The zero-order valence-electron chi connectivity index (χ0n) is 13.1. The number of halogens is 2. The summed E-state index contributed by atoms with van der Waals surface area (Å²) in [5.74, 6) is 0. The van der Waals surface area contributed by atoms with Gasteiger partial charge in [0.1, 0.15) is 0 Å². The minimum absolute atomic E-state index is 0.422. The molecule has 8 heteroatoms. The monoisotopic (exact) mass is 347 g/mol. The highest BCUT2D eigenvalue weighted by molar-refractivity contribution is 6.34. The van der Waals surface area contributed by atoms with Gasteiger partial charge in [-0.15, -0.1) is 3.94 Å². The molecular formula is C13H27Cl2NO5. The van der Waals surface area contributed by atoms with E-state index in [4.69, 9.17) is 47.2 Å². The van der Waals surface area contributed by atoms with Gasteiger partial charge in [-0.3, -0.25) is 0 Å². The first-order chi connectivity index (χ1) is 10.0. The molecular weight excluding hydrogens is 321 g/mol. The summed E-state index contributed by atoms with van der Waals surface area (Å²) in [5.41, 5.74) is -0.422. The van der Waals surface area contributed by atoms with Crippen LogP contribution in [-0.4, -0.2) is 76.0 Å². The van der Waals surface area contributed by atoms with Gasteiger partial charge in [0, 0.05) is 7.11 Å². The Kier molecular flexibility index (Phi) is 14.2. The minimum Gasteiger partial charge on any atom is -0.382 e. The second-order valence-electron chi connectivity index (χ2n) is 4.93. The predicted octanol–water partition coefficient (Wildman–Crippen LogP) is 2.09. The van der Waals surface area contributed by atoms with Crippen LogP contribution >= 0.6 is 23.6 Å². The lowest BCUT2D eigenvalue weighted by atomic mass is 10.1. The van der Waals surface area contributed by atoms with Gasteiger partial charge in [0.2, 0.25) is 0 Å². The third-order valence-corrected chi connectivity index (χ3v) is 3.38. The minimum atomic E-state index is -0.422. The predicted molar refractivity (Wildman–Crippen MR) is 82.8 cm³/mol. The van der Waals surface area contributed by atoms with Crippen LogP contribution in [0.4, 0.5) is 0 Å². The van der Waals surface area contributed by atoms with Gasteiger partial charge < -0.3 is 23.7 Å². The molecule has 0 aliphatic carbocycles. The molecule has 0 spiro atoms. The van der Waals surface area contributed by atoms with Gasteiger partial charge in [0.05, 0.1) is 65.0 Å². The highest BCUT2D eigenvalue weighted by atomic mass is 35.5. The highest BCUT2D eigenvalue weighted by Gasteiger charge is 2.24. The van der Waals surface area contributed by atoms with Crippen LogP contribution in [0.15, 0.2) is 0 Å². The lowest BCUT2D eigenvalue weighted by Gasteiger charge is -2.26. The maximum absolute atomic E-state index is 5.67. The number of hydrogen-bond acceptors (Lipinski definition) is 6. The van der Waals surface area contributed by atoms with Crippen molar-refractivity contribution in [2.75, 3.05) is 66.6 Å². The summed E-state index contributed by atoms with van der Waals surface area (Å²) < 4.78 is 27.3. The van der Waals surface area contributed by atoms with E-state index in [-0.39, 0.29) is 0 Å². The van der Waals surface area contributed by atoms with E-state index in [1.54, 1.807) is 7.11 Å². The smallest absolute Gasteiger partial charge is 0.0703 e.